The van der Waals surface area contributed by atoms with Gasteiger partial charge in [0.25, 0.3) is 5.91 Å². The Bertz CT molecular complexity index is 865. The van der Waals surface area contributed by atoms with Crippen LogP contribution in [-0.4, -0.2) is 27.2 Å². The van der Waals surface area contributed by atoms with Gasteiger partial charge < -0.3 is 15.4 Å². The van der Waals surface area contributed by atoms with Crippen molar-refractivity contribution in [3.63, 3.8) is 0 Å². The minimum Gasteiger partial charge on any atom is -0.491 e. The van der Waals surface area contributed by atoms with Crippen LogP contribution >= 0.6 is 0 Å². The Morgan fingerprint density at radius 1 is 1.00 bits per heavy atom. The van der Waals surface area contributed by atoms with Crippen molar-refractivity contribution in [3.05, 3.63) is 72.2 Å². The summed E-state index contributed by atoms with van der Waals surface area (Å²) in [5.74, 6) is 1.03. The van der Waals surface area contributed by atoms with E-state index in [1.165, 1.54) is 0 Å². The highest BCUT2D eigenvalue weighted by atomic mass is 16.5. The number of amides is 1. The SMILES string of the molecule is CC(C)Oc1ccc(NC(=O)c2ccc(NCc3ccncc3)nn2)cc1. The normalized spacial score (nSPS) is 10.5. The molecule has 7 nitrogen and oxygen atoms in total. The van der Waals surface area contributed by atoms with Crippen molar-refractivity contribution in [2.75, 3.05) is 10.6 Å². The first-order valence-corrected chi connectivity index (χ1v) is 8.65. The lowest BCUT2D eigenvalue weighted by atomic mass is 10.2. The Labute approximate surface area is 157 Å². The van der Waals surface area contributed by atoms with Crippen LogP contribution in [-0.2, 0) is 6.54 Å². The molecular weight excluding hydrogens is 342 g/mol. The molecule has 2 N–H and O–H groups in total. The van der Waals surface area contributed by atoms with Crippen LogP contribution < -0.4 is 15.4 Å². The van der Waals surface area contributed by atoms with Gasteiger partial charge in [0, 0.05) is 24.6 Å². The second kappa shape index (κ2) is 8.75. The van der Waals surface area contributed by atoms with Crippen LogP contribution in [0.4, 0.5) is 11.5 Å². The quantitative estimate of drug-likeness (QED) is 0.668. The van der Waals surface area contributed by atoms with E-state index >= 15 is 0 Å². The van der Waals surface area contributed by atoms with Gasteiger partial charge in [-0.05, 0) is 67.9 Å². The molecular formula is C20H21N5O2. The molecule has 2 heterocycles. The molecule has 0 spiro atoms. The zero-order chi connectivity index (χ0) is 19.1. The predicted octanol–water partition coefficient (Wildman–Crippen LogP) is 3.52. The minimum atomic E-state index is -0.319. The lowest BCUT2D eigenvalue weighted by molar-refractivity contribution is 0.102. The fraction of sp³-hybridized carbons (Fsp3) is 0.200. The van der Waals surface area contributed by atoms with Gasteiger partial charge in [-0.2, -0.15) is 0 Å². The summed E-state index contributed by atoms with van der Waals surface area (Å²) in [6.07, 6.45) is 3.57. The molecule has 0 atom stereocenters. The standard InChI is InChI=1S/C20H21N5O2/c1-14(2)27-17-5-3-16(4-6-17)23-20(26)18-7-8-19(25-24-18)22-13-15-9-11-21-12-10-15/h3-12,14H,13H2,1-2H3,(H,22,25)(H,23,26). The van der Waals surface area contributed by atoms with Crippen molar-refractivity contribution in [3.8, 4) is 5.75 Å². The van der Waals surface area contributed by atoms with E-state index in [1.54, 1.807) is 36.7 Å². The van der Waals surface area contributed by atoms with Crippen LogP contribution in [0, 0.1) is 0 Å². The van der Waals surface area contributed by atoms with Crippen LogP contribution in [0.2, 0.25) is 0 Å². The Balaban J connectivity index is 1.55. The summed E-state index contributed by atoms with van der Waals surface area (Å²) in [5, 5.41) is 14.0. The molecule has 27 heavy (non-hydrogen) atoms. The van der Waals surface area contributed by atoms with E-state index in [-0.39, 0.29) is 17.7 Å². The Morgan fingerprint density at radius 2 is 1.74 bits per heavy atom. The topological polar surface area (TPSA) is 89.0 Å². The number of anilines is 2. The number of carbonyl (C=O) groups excluding carboxylic acids is 1. The molecule has 0 saturated carbocycles. The number of ether oxygens (including phenoxy) is 1. The van der Waals surface area contributed by atoms with E-state index in [9.17, 15) is 4.79 Å². The molecule has 0 aliphatic heterocycles. The van der Waals surface area contributed by atoms with E-state index in [0.29, 0.717) is 18.1 Å². The molecule has 0 aliphatic carbocycles. The van der Waals surface area contributed by atoms with Crippen molar-refractivity contribution < 1.29 is 9.53 Å². The number of nitrogens with one attached hydrogen (secondary N) is 2. The lowest BCUT2D eigenvalue weighted by Crippen LogP contribution is -2.15. The predicted molar refractivity (Wildman–Crippen MR) is 104 cm³/mol. The van der Waals surface area contributed by atoms with Gasteiger partial charge in [-0.3, -0.25) is 9.78 Å². The third-order valence-corrected chi connectivity index (χ3v) is 3.60. The van der Waals surface area contributed by atoms with Crippen molar-refractivity contribution >= 4 is 17.4 Å². The van der Waals surface area contributed by atoms with Gasteiger partial charge in [0.2, 0.25) is 0 Å². The summed E-state index contributed by atoms with van der Waals surface area (Å²) in [7, 11) is 0. The monoisotopic (exact) mass is 363 g/mol. The molecule has 0 radical (unpaired) electrons. The molecule has 2 aromatic heterocycles. The lowest BCUT2D eigenvalue weighted by Gasteiger charge is -2.10. The van der Waals surface area contributed by atoms with Gasteiger partial charge in [0.15, 0.2) is 5.69 Å². The highest BCUT2D eigenvalue weighted by Crippen LogP contribution is 2.17. The molecule has 1 aromatic carbocycles. The maximum Gasteiger partial charge on any atom is 0.276 e. The van der Waals surface area contributed by atoms with Crippen molar-refractivity contribution in [2.45, 2.75) is 26.5 Å². The fourth-order valence-electron chi connectivity index (χ4n) is 2.33. The summed E-state index contributed by atoms with van der Waals surface area (Å²) in [4.78, 5) is 16.3. The summed E-state index contributed by atoms with van der Waals surface area (Å²) < 4.78 is 5.58. The van der Waals surface area contributed by atoms with Gasteiger partial charge in [0.05, 0.1) is 6.10 Å². The first kappa shape index (κ1) is 18.3. The molecule has 138 valence electrons. The molecule has 0 bridgehead atoms. The largest absolute Gasteiger partial charge is 0.491 e. The average Bonchev–Trinajstić information content (AvgIpc) is 2.69. The average molecular weight is 363 g/mol. The van der Waals surface area contributed by atoms with E-state index in [0.717, 1.165) is 11.3 Å². The highest BCUT2D eigenvalue weighted by molar-refractivity contribution is 6.02. The number of pyridine rings is 1. The van der Waals surface area contributed by atoms with Crippen LogP contribution in [0.3, 0.4) is 0 Å². The van der Waals surface area contributed by atoms with E-state index in [2.05, 4.69) is 25.8 Å². The summed E-state index contributed by atoms with van der Waals surface area (Å²) in [6, 6.07) is 14.4. The van der Waals surface area contributed by atoms with E-state index in [1.807, 2.05) is 38.1 Å². The maximum absolute atomic E-state index is 12.3. The van der Waals surface area contributed by atoms with Crippen LogP contribution in [0.1, 0.15) is 29.9 Å². The summed E-state index contributed by atoms with van der Waals surface area (Å²) in [5.41, 5.74) is 1.99. The van der Waals surface area contributed by atoms with Gasteiger partial charge in [-0.25, -0.2) is 0 Å². The molecule has 1 amide bonds. The fourth-order valence-corrected chi connectivity index (χ4v) is 2.33. The van der Waals surface area contributed by atoms with Crippen LogP contribution in [0.25, 0.3) is 0 Å². The molecule has 3 rings (SSSR count). The van der Waals surface area contributed by atoms with Crippen molar-refractivity contribution in [1.82, 2.24) is 15.2 Å². The highest BCUT2D eigenvalue weighted by Gasteiger charge is 2.09. The zero-order valence-corrected chi connectivity index (χ0v) is 15.2. The minimum absolute atomic E-state index is 0.103. The number of carbonyl (C=O) groups is 1. The number of rotatable bonds is 7. The third kappa shape index (κ3) is 5.50. The van der Waals surface area contributed by atoms with Gasteiger partial charge >= 0.3 is 0 Å². The number of benzene rings is 1. The first-order valence-electron chi connectivity index (χ1n) is 8.65. The summed E-state index contributed by atoms with van der Waals surface area (Å²) >= 11 is 0. The molecule has 0 unspecified atom stereocenters. The number of aromatic nitrogens is 3. The number of nitrogens with zero attached hydrogens (tertiary/aromatic N) is 3. The molecule has 0 saturated heterocycles. The number of hydrogen-bond donors (Lipinski definition) is 2. The van der Waals surface area contributed by atoms with Crippen molar-refractivity contribution in [2.24, 2.45) is 0 Å². The first-order chi connectivity index (χ1) is 13.1. The van der Waals surface area contributed by atoms with Gasteiger partial charge in [-0.1, -0.05) is 0 Å². The molecule has 3 aromatic rings. The number of hydrogen-bond acceptors (Lipinski definition) is 6. The second-order valence-electron chi connectivity index (χ2n) is 6.16. The van der Waals surface area contributed by atoms with Gasteiger partial charge in [0.1, 0.15) is 11.6 Å². The van der Waals surface area contributed by atoms with E-state index < -0.39 is 0 Å². The van der Waals surface area contributed by atoms with Crippen molar-refractivity contribution in [1.29, 1.82) is 0 Å². The van der Waals surface area contributed by atoms with Gasteiger partial charge in [-0.15, -0.1) is 10.2 Å². The molecule has 7 heteroatoms. The van der Waals surface area contributed by atoms with E-state index in [4.69, 9.17) is 4.74 Å². The molecule has 0 fully saturated rings. The third-order valence-electron chi connectivity index (χ3n) is 3.60. The maximum atomic E-state index is 12.3. The molecule has 0 aliphatic rings. The van der Waals surface area contributed by atoms with Crippen LogP contribution in [0.5, 0.6) is 5.75 Å². The second-order valence-corrected chi connectivity index (χ2v) is 6.16. The Hall–Kier alpha value is -3.48. The smallest absolute Gasteiger partial charge is 0.276 e. The zero-order valence-electron chi connectivity index (χ0n) is 15.2. The Kier molecular flexibility index (Phi) is 5.94. The summed E-state index contributed by atoms with van der Waals surface area (Å²) in [6.45, 7) is 4.53. The van der Waals surface area contributed by atoms with Crippen LogP contribution in [0.15, 0.2) is 60.9 Å². The Morgan fingerprint density at radius 3 is 2.37 bits per heavy atom.